The number of hydrogen-bond acceptors (Lipinski definition) is 6. The Hall–Kier alpha value is -2.60. The molecule has 0 spiro atoms. The van der Waals surface area contributed by atoms with Crippen molar-refractivity contribution in [2.45, 2.75) is 0 Å². The van der Waals surface area contributed by atoms with Gasteiger partial charge < -0.3 is 9.47 Å². The van der Waals surface area contributed by atoms with Crippen molar-refractivity contribution in [1.29, 1.82) is 10.5 Å². The van der Waals surface area contributed by atoms with Crippen LogP contribution in [0.2, 0.25) is 0 Å². The van der Waals surface area contributed by atoms with Gasteiger partial charge in [-0.25, -0.2) is 0 Å². The quantitative estimate of drug-likeness (QED) is 0.506. The first-order chi connectivity index (χ1) is 7.76. The normalized spacial score (nSPS) is 19.5. The van der Waals surface area contributed by atoms with Crippen LogP contribution in [0.4, 0.5) is 0 Å². The van der Waals surface area contributed by atoms with Crippen LogP contribution in [0.1, 0.15) is 0 Å². The van der Waals surface area contributed by atoms with Gasteiger partial charge in [0.1, 0.15) is 22.9 Å². The van der Waals surface area contributed by atoms with Gasteiger partial charge in [0.05, 0.1) is 14.2 Å². The van der Waals surface area contributed by atoms with Crippen LogP contribution in [0, 0.1) is 22.9 Å². The van der Waals surface area contributed by atoms with Gasteiger partial charge >= 0.3 is 0 Å². The molecule has 0 aliphatic heterocycles. The molecule has 0 heterocycles. The fourth-order valence-electron chi connectivity index (χ4n) is 1.15. The minimum Gasteiger partial charge on any atom is -0.494 e. The molecule has 16 heavy (non-hydrogen) atoms. The van der Waals surface area contributed by atoms with Gasteiger partial charge in [-0.2, -0.15) is 20.5 Å². The summed E-state index contributed by atoms with van der Waals surface area (Å²) in [6.45, 7) is 0. The highest BCUT2D eigenvalue weighted by Gasteiger charge is 2.18. The van der Waals surface area contributed by atoms with Gasteiger partial charge in [-0.05, 0) is 0 Å². The molecule has 1 rings (SSSR count). The molecule has 0 fully saturated rings. The highest BCUT2D eigenvalue weighted by Crippen LogP contribution is 2.15. The predicted octanol–water partition coefficient (Wildman–Crippen LogP) is 0.905. The number of rotatable bonds is 2. The van der Waals surface area contributed by atoms with E-state index in [1.54, 1.807) is 12.4 Å². The third-order valence-electron chi connectivity index (χ3n) is 1.82. The minimum absolute atomic E-state index is 0.332. The van der Waals surface area contributed by atoms with E-state index in [0.29, 0.717) is 22.9 Å². The second-order valence-corrected chi connectivity index (χ2v) is 2.62. The lowest BCUT2D eigenvalue weighted by Crippen LogP contribution is -2.15. The standard InChI is InChI=1S/C10H8N4O2/c1-15-9-3-8(14-6-12)10(16-2)4-7(9)13-5-11/h3-4H,1-2H3/b13-7-,14-8+. The van der Waals surface area contributed by atoms with E-state index in [0.717, 1.165) is 0 Å². The summed E-state index contributed by atoms with van der Waals surface area (Å²) in [6, 6.07) is 0. The number of aliphatic imine (C=N–C) groups is 2. The third-order valence-corrected chi connectivity index (χ3v) is 1.82. The van der Waals surface area contributed by atoms with Crippen molar-refractivity contribution in [2.24, 2.45) is 9.98 Å². The Morgan fingerprint density at radius 2 is 1.31 bits per heavy atom. The predicted molar refractivity (Wildman–Crippen MR) is 56.3 cm³/mol. The molecule has 1 aliphatic rings. The molecule has 0 bridgehead atoms. The van der Waals surface area contributed by atoms with Gasteiger partial charge in [0.25, 0.3) is 0 Å². The summed E-state index contributed by atoms with van der Waals surface area (Å²) >= 11 is 0. The van der Waals surface area contributed by atoms with Crippen molar-refractivity contribution in [1.82, 2.24) is 0 Å². The largest absolute Gasteiger partial charge is 0.494 e. The van der Waals surface area contributed by atoms with E-state index in [9.17, 15) is 0 Å². The lowest BCUT2D eigenvalue weighted by atomic mass is 10.1. The Balaban J connectivity index is 3.25. The van der Waals surface area contributed by atoms with Gasteiger partial charge in [0, 0.05) is 12.2 Å². The number of hydrogen-bond donors (Lipinski definition) is 0. The molecule has 0 aromatic carbocycles. The highest BCUT2D eigenvalue weighted by molar-refractivity contribution is 6.22. The van der Waals surface area contributed by atoms with Crippen molar-refractivity contribution in [3.8, 4) is 12.4 Å². The van der Waals surface area contributed by atoms with E-state index in [2.05, 4.69) is 9.98 Å². The number of nitriles is 2. The zero-order chi connectivity index (χ0) is 12.0. The first kappa shape index (κ1) is 11.5. The Bertz CT molecular complexity index is 440. The van der Waals surface area contributed by atoms with Crippen LogP contribution in [0.25, 0.3) is 0 Å². The molecule has 6 nitrogen and oxygen atoms in total. The Morgan fingerprint density at radius 3 is 1.56 bits per heavy atom. The molecule has 0 aromatic heterocycles. The summed E-state index contributed by atoms with van der Waals surface area (Å²) in [6.07, 6.45) is 6.28. The third kappa shape index (κ3) is 2.25. The maximum Gasteiger partial charge on any atom is 0.206 e. The van der Waals surface area contributed by atoms with Gasteiger partial charge in [-0.15, -0.1) is 0 Å². The molecule has 0 atom stereocenters. The highest BCUT2D eigenvalue weighted by atomic mass is 16.5. The molecule has 0 saturated heterocycles. The molecule has 80 valence electrons. The van der Waals surface area contributed by atoms with Gasteiger partial charge in [-0.3, -0.25) is 0 Å². The Kier molecular flexibility index (Phi) is 3.82. The van der Waals surface area contributed by atoms with Crippen LogP contribution in [0.3, 0.4) is 0 Å². The van der Waals surface area contributed by atoms with E-state index < -0.39 is 0 Å². The summed E-state index contributed by atoms with van der Waals surface area (Å²) in [5.74, 6) is 0.715. The number of ether oxygens (including phenoxy) is 2. The van der Waals surface area contributed by atoms with Crippen molar-refractivity contribution in [2.75, 3.05) is 14.2 Å². The molecule has 0 radical (unpaired) electrons. The summed E-state index contributed by atoms with van der Waals surface area (Å²) in [4.78, 5) is 7.13. The Labute approximate surface area is 92.4 Å². The summed E-state index contributed by atoms with van der Waals surface area (Å²) in [7, 11) is 2.88. The summed E-state index contributed by atoms with van der Waals surface area (Å²) in [5.41, 5.74) is 0.664. The molecule has 1 aliphatic carbocycles. The number of methoxy groups -OCH3 is 2. The smallest absolute Gasteiger partial charge is 0.206 e. The van der Waals surface area contributed by atoms with Crippen LogP contribution >= 0.6 is 0 Å². The van der Waals surface area contributed by atoms with Gasteiger partial charge in [0.15, 0.2) is 0 Å². The van der Waals surface area contributed by atoms with Crippen molar-refractivity contribution < 1.29 is 9.47 Å². The zero-order valence-electron chi connectivity index (χ0n) is 8.76. The molecular formula is C10H8N4O2. The molecule has 0 unspecified atom stereocenters. The summed E-state index contributed by atoms with van der Waals surface area (Å²) < 4.78 is 10.0. The second-order valence-electron chi connectivity index (χ2n) is 2.62. The van der Waals surface area contributed by atoms with Crippen LogP contribution in [-0.2, 0) is 9.47 Å². The van der Waals surface area contributed by atoms with E-state index >= 15 is 0 Å². The maximum atomic E-state index is 8.49. The maximum absolute atomic E-state index is 8.49. The van der Waals surface area contributed by atoms with Crippen LogP contribution in [0.15, 0.2) is 33.7 Å². The monoisotopic (exact) mass is 216 g/mol. The number of allylic oxidation sites excluding steroid dienone is 2. The SMILES string of the molecule is COC1=CC(=N\C#N)/C(OC)=CC/1=N/C#N. The van der Waals surface area contributed by atoms with E-state index in [1.807, 2.05) is 0 Å². The zero-order valence-corrected chi connectivity index (χ0v) is 8.76. The van der Waals surface area contributed by atoms with Crippen LogP contribution in [-0.4, -0.2) is 25.6 Å². The van der Waals surface area contributed by atoms with Gasteiger partial charge in [-0.1, -0.05) is 0 Å². The molecular weight excluding hydrogens is 208 g/mol. The average Bonchev–Trinajstić information content (AvgIpc) is 2.31. The topological polar surface area (TPSA) is 90.8 Å². The first-order valence-corrected chi connectivity index (χ1v) is 4.22. The molecule has 0 N–H and O–H groups in total. The summed E-state index contributed by atoms with van der Waals surface area (Å²) in [5, 5.41) is 17.0. The van der Waals surface area contributed by atoms with Crippen molar-refractivity contribution in [3.05, 3.63) is 23.7 Å². The average molecular weight is 216 g/mol. The van der Waals surface area contributed by atoms with E-state index in [1.165, 1.54) is 26.4 Å². The first-order valence-electron chi connectivity index (χ1n) is 4.22. The molecule has 0 saturated carbocycles. The fourth-order valence-corrected chi connectivity index (χ4v) is 1.15. The molecule has 0 amide bonds. The minimum atomic E-state index is 0.332. The van der Waals surface area contributed by atoms with Gasteiger partial charge in [0.2, 0.25) is 12.4 Å². The van der Waals surface area contributed by atoms with E-state index in [-0.39, 0.29) is 0 Å². The van der Waals surface area contributed by atoms with Crippen molar-refractivity contribution in [3.63, 3.8) is 0 Å². The Morgan fingerprint density at radius 1 is 0.938 bits per heavy atom. The second kappa shape index (κ2) is 5.32. The fraction of sp³-hybridized carbons (Fsp3) is 0.200. The van der Waals surface area contributed by atoms with Crippen LogP contribution in [0.5, 0.6) is 0 Å². The van der Waals surface area contributed by atoms with E-state index in [4.69, 9.17) is 20.0 Å². The van der Waals surface area contributed by atoms with Crippen molar-refractivity contribution >= 4 is 11.4 Å². The molecule has 6 heteroatoms. The lowest BCUT2D eigenvalue weighted by Gasteiger charge is -2.13. The molecule has 0 aromatic rings. The lowest BCUT2D eigenvalue weighted by molar-refractivity contribution is 0.305. The number of nitrogens with zero attached hydrogens (tertiary/aromatic N) is 4. The van der Waals surface area contributed by atoms with Crippen LogP contribution < -0.4 is 0 Å².